The van der Waals surface area contributed by atoms with E-state index in [9.17, 15) is 8.42 Å². The second-order valence-corrected chi connectivity index (χ2v) is 5.76. The van der Waals surface area contributed by atoms with Crippen molar-refractivity contribution < 1.29 is 13.2 Å². The van der Waals surface area contributed by atoms with Gasteiger partial charge in [0, 0.05) is 39.1 Å². The Hall–Kier alpha value is -1.06. The lowest BCUT2D eigenvalue weighted by Crippen LogP contribution is -2.39. The highest BCUT2D eigenvalue weighted by atomic mass is 32.2. The minimum Gasteiger partial charge on any atom is -0.383 e. The molecule has 0 aliphatic heterocycles. The molecular formula is C12H22N4O3S. The molecular weight excluding hydrogens is 280 g/mol. The van der Waals surface area contributed by atoms with Crippen molar-refractivity contribution in [3.63, 3.8) is 0 Å². The van der Waals surface area contributed by atoms with Crippen LogP contribution in [0, 0.1) is 0 Å². The van der Waals surface area contributed by atoms with Crippen molar-refractivity contribution in [1.82, 2.24) is 19.7 Å². The van der Waals surface area contributed by atoms with E-state index in [1.54, 1.807) is 12.4 Å². The third kappa shape index (κ3) is 8.18. The first-order chi connectivity index (χ1) is 9.64. The molecule has 0 aliphatic carbocycles. The van der Waals surface area contributed by atoms with Crippen molar-refractivity contribution in [1.29, 1.82) is 0 Å². The summed E-state index contributed by atoms with van der Waals surface area (Å²) in [6.45, 7) is 2.48. The van der Waals surface area contributed by atoms with E-state index in [4.69, 9.17) is 4.74 Å². The Morgan fingerprint density at radius 3 is 2.75 bits per heavy atom. The second-order valence-electron chi connectivity index (χ2n) is 4.18. The standard InChI is InChI=1S/C12H22N4O3S/c1-19-9-8-16-20(17,18)15-7-3-6-14-11-12-4-2-5-13-10-12/h2,4-5,10,14-16H,3,6-9,11H2,1H3. The molecule has 0 atom stereocenters. The van der Waals surface area contributed by atoms with Crippen LogP contribution >= 0.6 is 0 Å². The van der Waals surface area contributed by atoms with Gasteiger partial charge in [-0.2, -0.15) is 13.1 Å². The van der Waals surface area contributed by atoms with Crippen LogP contribution in [-0.4, -0.2) is 46.8 Å². The van der Waals surface area contributed by atoms with Crippen LogP contribution in [0.5, 0.6) is 0 Å². The molecule has 0 spiro atoms. The zero-order valence-electron chi connectivity index (χ0n) is 11.6. The zero-order chi connectivity index (χ0) is 14.7. The summed E-state index contributed by atoms with van der Waals surface area (Å²) >= 11 is 0. The van der Waals surface area contributed by atoms with Gasteiger partial charge in [-0.15, -0.1) is 0 Å². The molecule has 1 heterocycles. The van der Waals surface area contributed by atoms with Crippen molar-refractivity contribution in [2.24, 2.45) is 0 Å². The summed E-state index contributed by atoms with van der Waals surface area (Å²) in [5.41, 5.74) is 1.11. The number of ether oxygens (including phenoxy) is 1. The average Bonchev–Trinajstić information content (AvgIpc) is 2.44. The number of pyridine rings is 1. The summed E-state index contributed by atoms with van der Waals surface area (Å²) in [5.74, 6) is 0. The molecule has 114 valence electrons. The minimum atomic E-state index is -3.41. The number of rotatable bonds is 11. The lowest BCUT2D eigenvalue weighted by Gasteiger charge is -2.08. The number of hydrogen-bond acceptors (Lipinski definition) is 5. The van der Waals surface area contributed by atoms with Crippen LogP contribution in [-0.2, 0) is 21.5 Å². The van der Waals surface area contributed by atoms with E-state index >= 15 is 0 Å². The molecule has 0 fully saturated rings. The molecule has 0 aromatic carbocycles. The van der Waals surface area contributed by atoms with Gasteiger partial charge >= 0.3 is 0 Å². The monoisotopic (exact) mass is 302 g/mol. The highest BCUT2D eigenvalue weighted by Gasteiger charge is 2.06. The normalized spacial score (nSPS) is 11.7. The average molecular weight is 302 g/mol. The van der Waals surface area contributed by atoms with Gasteiger partial charge in [0.1, 0.15) is 0 Å². The number of aromatic nitrogens is 1. The highest BCUT2D eigenvalue weighted by Crippen LogP contribution is 1.93. The summed E-state index contributed by atoms with van der Waals surface area (Å²) in [5, 5.41) is 3.23. The van der Waals surface area contributed by atoms with Gasteiger partial charge in [0.15, 0.2) is 0 Å². The van der Waals surface area contributed by atoms with Gasteiger partial charge in [-0.1, -0.05) is 6.07 Å². The third-order valence-corrected chi connectivity index (χ3v) is 3.64. The number of nitrogens with zero attached hydrogens (tertiary/aromatic N) is 1. The first kappa shape index (κ1) is 17.0. The Bertz CT molecular complexity index is 453. The van der Waals surface area contributed by atoms with Crippen molar-refractivity contribution >= 4 is 10.2 Å². The molecule has 0 saturated heterocycles. The summed E-state index contributed by atoms with van der Waals surface area (Å²) in [7, 11) is -1.89. The van der Waals surface area contributed by atoms with Crippen molar-refractivity contribution in [3.05, 3.63) is 30.1 Å². The fourth-order valence-electron chi connectivity index (χ4n) is 1.48. The number of methoxy groups -OCH3 is 1. The quantitative estimate of drug-likeness (QED) is 0.485. The minimum absolute atomic E-state index is 0.269. The van der Waals surface area contributed by atoms with Crippen LogP contribution < -0.4 is 14.8 Å². The first-order valence-corrected chi connectivity index (χ1v) is 7.95. The molecule has 0 bridgehead atoms. The van der Waals surface area contributed by atoms with Gasteiger partial charge in [-0.3, -0.25) is 4.98 Å². The lowest BCUT2D eigenvalue weighted by atomic mass is 10.3. The van der Waals surface area contributed by atoms with E-state index in [1.807, 2.05) is 12.1 Å². The van der Waals surface area contributed by atoms with Gasteiger partial charge in [0.2, 0.25) is 0 Å². The van der Waals surface area contributed by atoms with Gasteiger partial charge in [-0.05, 0) is 24.6 Å². The maximum absolute atomic E-state index is 11.5. The van der Waals surface area contributed by atoms with Gasteiger partial charge < -0.3 is 10.1 Å². The third-order valence-electron chi connectivity index (χ3n) is 2.47. The highest BCUT2D eigenvalue weighted by molar-refractivity contribution is 7.87. The van der Waals surface area contributed by atoms with Crippen molar-refractivity contribution in [2.75, 3.05) is 33.4 Å². The Morgan fingerprint density at radius 2 is 2.05 bits per heavy atom. The molecule has 1 rings (SSSR count). The summed E-state index contributed by atoms with van der Waals surface area (Å²) < 4.78 is 32.5. The second kappa shape index (κ2) is 9.78. The van der Waals surface area contributed by atoms with E-state index in [0.717, 1.165) is 18.7 Å². The van der Waals surface area contributed by atoms with Crippen LogP contribution in [0.2, 0.25) is 0 Å². The predicted molar refractivity (Wildman–Crippen MR) is 77.4 cm³/mol. The van der Waals surface area contributed by atoms with Crippen LogP contribution in [0.1, 0.15) is 12.0 Å². The molecule has 0 unspecified atom stereocenters. The van der Waals surface area contributed by atoms with E-state index in [1.165, 1.54) is 7.11 Å². The molecule has 0 radical (unpaired) electrons. The van der Waals surface area contributed by atoms with E-state index in [0.29, 0.717) is 19.6 Å². The van der Waals surface area contributed by atoms with E-state index < -0.39 is 10.2 Å². The Kier molecular flexibility index (Phi) is 8.31. The van der Waals surface area contributed by atoms with E-state index in [-0.39, 0.29) is 6.54 Å². The zero-order valence-corrected chi connectivity index (χ0v) is 12.4. The Morgan fingerprint density at radius 1 is 1.25 bits per heavy atom. The maximum atomic E-state index is 11.5. The number of nitrogens with one attached hydrogen (secondary N) is 3. The fourth-order valence-corrected chi connectivity index (χ4v) is 2.35. The van der Waals surface area contributed by atoms with E-state index in [2.05, 4.69) is 19.7 Å². The molecule has 1 aromatic rings. The summed E-state index contributed by atoms with van der Waals surface area (Å²) in [4.78, 5) is 4.02. The molecule has 8 heteroatoms. The molecule has 0 aliphatic rings. The predicted octanol–water partition coefficient (Wildman–Crippen LogP) is -0.368. The molecule has 0 saturated carbocycles. The van der Waals surface area contributed by atoms with Crippen LogP contribution in [0.25, 0.3) is 0 Å². The first-order valence-electron chi connectivity index (χ1n) is 6.47. The van der Waals surface area contributed by atoms with Gasteiger partial charge in [0.25, 0.3) is 10.2 Å². The molecule has 3 N–H and O–H groups in total. The maximum Gasteiger partial charge on any atom is 0.276 e. The Labute approximate surface area is 120 Å². The van der Waals surface area contributed by atoms with Crippen LogP contribution in [0.4, 0.5) is 0 Å². The lowest BCUT2D eigenvalue weighted by molar-refractivity contribution is 0.204. The largest absolute Gasteiger partial charge is 0.383 e. The summed E-state index contributed by atoms with van der Waals surface area (Å²) in [6.07, 6.45) is 4.25. The topological polar surface area (TPSA) is 92.3 Å². The molecule has 7 nitrogen and oxygen atoms in total. The van der Waals surface area contributed by atoms with Gasteiger partial charge in [-0.25, -0.2) is 4.72 Å². The SMILES string of the molecule is COCCNS(=O)(=O)NCCCNCc1cccnc1. The van der Waals surface area contributed by atoms with Crippen LogP contribution in [0.15, 0.2) is 24.5 Å². The smallest absolute Gasteiger partial charge is 0.276 e. The Balaban J connectivity index is 2.04. The van der Waals surface area contributed by atoms with Crippen molar-refractivity contribution in [3.8, 4) is 0 Å². The van der Waals surface area contributed by atoms with Crippen LogP contribution in [0.3, 0.4) is 0 Å². The fraction of sp³-hybridized carbons (Fsp3) is 0.583. The summed E-state index contributed by atoms with van der Waals surface area (Å²) in [6, 6.07) is 3.87. The van der Waals surface area contributed by atoms with Crippen molar-refractivity contribution in [2.45, 2.75) is 13.0 Å². The molecule has 1 aromatic heterocycles. The molecule has 0 amide bonds. The number of hydrogen-bond donors (Lipinski definition) is 3. The molecule has 20 heavy (non-hydrogen) atoms. The van der Waals surface area contributed by atoms with Gasteiger partial charge in [0.05, 0.1) is 6.61 Å².